The maximum atomic E-state index is 5.53. The van der Waals surface area contributed by atoms with E-state index in [4.69, 9.17) is 5.73 Å². The second kappa shape index (κ2) is 3.64. The monoisotopic (exact) mass is 187 g/mol. The number of aromatic nitrogens is 2. The van der Waals surface area contributed by atoms with E-state index in [2.05, 4.69) is 17.1 Å². The summed E-state index contributed by atoms with van der Waals surface area (Å²) >= 11 is 0. The minimum absolute atomic E-state index is 0.589. The predicted molar refractivity (Wildman–Crippen MR) is 56.5 cm³/mol. The molecule has 0 atom stereocenters. The van der Waals surface area contributed by atoms with Gasteiger partial charge >= 0.3 is 0 Å². The van der Waals surface area contributed by atoms with Crippen LogP contribution in [0.2, 0.25) is 0 Å². The lowest BCUT2D eigenvalue weighted by Crippen LogP contribution is -1.96. The number of aryl methyl sites for hydroxylation is 1. The van der Waals surface area contributed by atoms with Crippen LogP contribution in [0, 0.1) is 0 Å². The molecule has 3 nitrogen and oxygen atoms in total. The molecule has 0 amide bonds. The third kappa shape index (κ3) is 1.54. The van der Waals surface area contributed by atoms with Crippen LogP contribution in [-0.4, -0.2) is 9.55 Å². The Labute approximate surface area is 83.2 Å². The van der Waals surface area contributed by atoms with Gasteiger partial charge in [-0.2, -0.15) is 0 Å². The van der Waals surface area contributed by atoms with E-state index in [9.17, 15) is 0 Å². The molecule has 2 N–H and O–H groups in total. The quantitative estimate of drug-likeness (QED) is 0.775. The summed E-state index contributed by atoms with van der Waals surface area (Å²) in [6, 6.07) is 8.23. The van der Waals surface area contributed by atoms with E-state index < -0.39 is 0 Å². The van der Waals surface area contributed by atoms with Gasteiger partial charge in [-0.25, -0.2) is 4.98 Å². The molecular formula is C11H13N3. The lowest BCUT2D eigenvalue weighted by Gasteiger charge is -2.03. The van der Waals surface area contributed by atoms with Crippen LogP contribution in [0.4, 0.5) is 0 Å². The Morgan fingerprint density at radius 3 is 2.50 bits per heavy atom. The van der Waals surface area contributed by atoms with Crippen LogP contribution in [-0.2, 0) is 13.6 Å². The Bertz CT molecular complexity index is 414. The molecule has 1 aromatic heterocycles. The average molecular weight is 187 g/mol. The lowest BCUT2D eigenvalue weighted by molar-refractivity contribution is 0.921. The molecule has 0 saturated heterocycles. The second-order valence-electron chi connectivity index (χ2n) is 3.29. The van der Waals surface area contributed by atoms with Crippen LogP contribution in [0.5, 0.6) is 0 Å². The first-order chi connectivity index (χ1) is 6.81. The van der Waals surface area contributed by atoms with Crippen molar-refractivity contribution in [1.29, 1.82) is 0 Å². The van der Waals surface area contributed by atoms with E-state index in [1.165, 1.54) is 5.56 Å². The van der Waals surface area contributed by atoms with Gasteiger partial charge in [0.05, 0.1) is 18.2 Å². The Hall–Kier alpha value is -1.61. The summed E-state index contributed by atoms with van der Waals surface area (Å²) in [4.78, 5) is 4.08. The molecule has 72 valence electrons. The summed E-state index contributed by atoms with van der Waals surface area (Å²) in [5.41, 5.74) is 8.97. The molecule has 0 aliphatic rings. The third-order valence-electron chi connectivity index (χ3n) is 2.30. The van der Waals surface area contributed by atoms with E-state index in [0.717, 1.165) is 11.3 Å². The predicted octanol–water partition coefficient (Wildman–Crippen LogP) is 1.55. The van der Waals surface area contributed by atoms with Crippen molar-refractivity contribution in [3.8, 4) is 11.3 Å². The Balaban J connectivity index is 2.39. The van der Waals surface area contributed by atoms with Gasteiger partial charge in [-0.1, -0.05) is 24.3 Å². The van der Waals surface area contributed by atoms with E-state index in [1.807, 2.05) is 29.9 Å². The van der Waals surface area contributed by atoms with E-state index in [-0.39, 0.29) is 0 Å². The van der Waals surface area contributed by atoms with Gasteiger partial charge in [0.1, 0.15) is 0 Å². The molecule has 0 bridgehead atoms. The molecule has 0 spiro atoms. The van der Waals surface area contributed by atoms with Gasteiger partial charge in [0.25, 0.3) is 0 Å². The van der Waals surface area contributed by atoms with Crippen LogP contribution in [0.15, 0.2) is 36.8 Å². The van der Waals surface area contributed by atoms with E-state index in [0.29, 0.717) is 6.54 Å². The smallest absolute Gasteiger partial charge is 0.0948 e. The van der Waals surface area contributed by atoms with Crippen molar-refractivity contribution in [2.24, 2.45) is 12.8 Å². The molecular weight excluding hydrogens is 174 g/mol. The molecule has 0 radical (unpaired) electrons. The zero-order chi connectivity index (χ0) is 9.97. The number of hydrogen-bond acceptors (Lipinski definition) is 2. The van der Waals surface area contributed by atoms with Crippen molar-refractivity contribution in [3.05, 3.63) is 42.4 Å². The van der Waals surface area contributed by atoms with Gasteiger partial charge in [0, 0.05) is 13.6 Å². The highest BCUT2D eigenvalue weighted by Gasteiger charge is 2.00. The number of rotatable bonds is 2. The lowest BCUT2D eigenvalue weighted by atomic mass is 10.1. The fourth-order valence-electron chi connectivity index (χ4n) is 1.45. The molecule has 1 heterocycles. The molecule has 2 rings (SSSR count). The van der Waals surface area contributed by atoms with E-state index >= 15 is 0 Å². The number of nitrogens with zero attached hydrogens (tertiary/aromatic N) is 2. The highest BCUT2D eigenvalue weighted by atomic mass is 15.0. The van der Waals surface area contributed by atoms with Gasteiger partial charge in [-0.05, 0) is 11.1 Å². The summed E-state index contributed by atoms with van der Waals surface area (Å²) in [7, 11) is 1.99. The van der Waals surface area contributed by atoms with Crippen molar-refractivity contribution in [1.82, 2.24) is 9.55 Å². The first-order valence-electron chi connectivity index (χ1n) is 4.57. The number of nitrogens with two attached hydrogens (primary N) is 1. The maximum Gasteiger partial charge on any atom is 0.0948 e. The van der Waals surface area contributed by atoms with Crippen LogP contribution in [0.3, 0.4) is 0 Å². The molecule has 1 aromatic carbocycles. The molecule has 0 unspecified atom stereocenters. The highest BCUT2D eigenvalue weighted by Crippen LogP contribution is 2.18. The fraction of sp³-hybridized carbons (Fsp3) is 0.182. The van der Waals surface area contributed by atoms with Gasteiger partial charge in [0.2, 0.25) is 0 Å². The van der Waals surface area contributed by atoms with Gasteiger partial charge in [0.15, 0.2) is 0 Å². The van der Waals surface area contributed by atoms with Gasteiger partial charge < -0.3 is 10.3 Å². The molecule has 0 aliphatic carbocycles. The molecule has 3 heteroatoms. The van der Waals surface area contributed by atoms with Crippen LogP contribution >= 0.6 is 0 Å². The Morgan fingerprint density at radius 1 is 1.29 bits per heavy atom. The van der Waals surface area contributed by atoms with Crippen molar-refractivity contribution < 1.29 is 0 Å². The van der Waals surface area contributed by atoms with E-state index in [1.54, 1.807) is 6.33 Å². The normalized spacial score (nSPS) is 10.4. The van der Waals surface area contributed by atoms with Crippen LogP contribution in [0.25, 0.3) is 11.3 Å². The number of benzene rings is 1. The van der Waals surface area contributed by atoms with Crippen LogP contribution in [0.1, 0.15) is 5.56 Å². The SMILES string of the molecule is Cn1cncc1-c1ccc(CN)cc1. The summed E-state index contributed by atoms with van der Waals surface area (Å²) in [6.07, 6.45) is 3.66. The topological polar surface area (TPSA) is 43.8 Å². The largest absolute Gasteiger partial charge is 0.334 e. The van der Waals surface area contributed by atoms with Gasteiger partial charge in [-0.15, -0.1) is 0 Å². The summed E-state index contributed by atoms with van der Waals surface area (Å²) in [5, 5.41) is 0. The highest BCUT2D eigenvalue weighted by molar-refractivity contribution is 5.59. The Morgan fingerprint density at radius 2 is 2.00 bits per heavy atom. The zero-order valence-electron chi connectivity index (χ0n) is 8.14. The minimum Gasteiger partial charge on any atom is -0.334 e. The van der Waals surface area contributed by atoms with Crippen molar-refractivity contribution in [2.45, 2.75) is 6.54 Å². The summed E-state index contributed by atoms with van der Waals surface area (Å²) < 4.78 is 2.00. The maximum absolute atomic E-state index is 5.53. The first-order valence-corrected chi connectivity index (χ1v) is 4.57. The molecule has 0 saturated carbocycles. The summed E-state index contributed by atoms with van der Waals surface area (Å²) in [6.45, 7) is 0.589. The third-order valence-corrected chi connectivity index (χ3v) is 2.30. The molecule has 2 aromatic rings. The fourth-order valence-corrected chi connectivity index (χ4v) is 1.45. The standard InChI is InChI=1S/C11H13N3/c1-14-8-13-7-11(14)10-4-2-9(6-12)3-5-10/h2-5,7-8H,6,12H2,1H3. The molecule has 14 heavy (non-hydrogen) atoms. The molecule has 0 aliphatic heterocycles. The van der Waals surface area contributed by atoms with Crippen LogP contribution < -0.4 is 5.73 Å². The van der Waals surface area contributed by atoms with Gasteiger partial charge in [-0.3, -0.25) is 0 Å². The summed E-state index contributed by atoms with van der Waals surface area (Å²) in [5.74, 6) is 0. The minimum atomic E-state index is 0.589. The second-order valence-corrected chi connectivity index (χ2v) is 3.29. The van der Waals surface area contributed by atoms with Crippen molar-refractivity contribution in [3.63, 3.8) is 0 Å². The van der Waals surface area contributed by atoms with Crippen molar-refractivity contribution >= 4 is 0 Å². The average Bonchev–Trinajstić information content (AvgIpc) is 2.65. The zero-order valence-corrected chi connectivity index (χ0v) is 8.14. The Kier molecular flexibility index (Phi) is 2.33. The number of hydrogen-bond donors (Lipinski definition) is 1. The first kappa shape index (κ1) is 8.97. The molecule has 0 fully saturated rings. The number of imidazole rings is 1. The van der Waals surface area contributed by atoms with Crippen molar-refractivity contribution in [2.75, 3.05) is 0 Å².